The monoisotopic (exact) mass is 430 g/mol. The minimum Gasteiger partial charge on any atom is -0.494 e. The molecule has 0 aromatic rings. The van der Waals surface area contributed by atoms with Gasteiger partial charge in [0.1, 0.15) is 11.9 Å². The van der Waals surface area contributed by atoms with E-state index in [-0.39, 0.29) is 0 Å². The Morgan fingerprint density at radius 1 is 0.781 bits per heavy atom. The van der Waals surface area contributed by atoms with Crippen molar-refractivity contribution in [3.8, 4) is 0 Å². The van der Waals surface area contributed by atoms with Gasteiger partial charge in [0.15, 0.2) is 0 Å². The quantitative estimate of drug-likeness (QED) is 0.278. The van der Waals surface area contributed by atoms with Gasteiger partial charge >= 0.3 is 0 Å². The summed E-state index contributed by atoms with van der Waals surface area (Å²) in [5, 5.41) is 0. The number of fused-ring (bicyclic) bond motifs is 11. The molecule has 0 aromatic heterocycles. The first-order valence-corrected chi connectivity index (χ1v) is 14.3. The molecule has 7 rings (SSSR count). The molecule has 6 aliphatic carbocycles. The highest BCUT2D eigenvalue weighted by Gasteiger charge is 2.53. The fraction of sp³-hybridized carbons (Fsp3) is 0.742. The maximum Gasteiger partial charge on any atom is 0.105 e. The lowest BCUT2D eigenvalue weighted by atomic mass is 9.51. The molecular formula is C31H42O. The minimum atomic E-state index is 0.523. The molecule has 9 atom stereocenters. The van der Waals surface area contributed by atoms with E-state index in [2.05, 4.69) is 31.2 Å². The zero-order valence-corrected chi connectivity index (χ0v) is 20.1. The average Bonchev–Trinajstić information content (AvgIpc) is 3.21. The second-order valence-corrected chi connectivity index (χ2v) is 12.4. The van der Waals surface area contributed by atoms with E-state index in [9.17, 15) is 0 Å². The summed E-state index contributed by atoms with van der Waals surface area (Å²) < 4.78 is 7.03. The summed E-state index contributed by atoms with van der Waals surface area (Å²) >= 11 is 0. The highest BCUT2D eigenvalue weighted by Crippen LogP contribution is 2.61. The van der Waals surface area contributed by atoms with Crippen LogP contribution in [-0.2, 0) is 4.74 Å². The van der Waals surface area contributed by atoms with Crippen molar-refractivity contribution in [1.29, 1.82) is 0 Å². The van der Waals surface area contributed by atoms with Crippen LogP contribution in [0.15, 0.2) is 46.8 Å². The minimum absolute atomic E-state index is 0.523. The Kier molecular flexibility index (Phi) is 4.99. The van der Waals surface area contributed by atoms with Gasteiger partial charge < -0.3 is 4.74 Å². The third kappa shape index (κ3) is 3.01. The van der Waals surface area contributed by atoms with Crippen molar-refractivity contribution >= 4 is 0 Å². The number of ether oxygens (including phenoxy) is 1. The maximum atomic E-state index is 7.03. The van der Waals surface area contributed by atoms with Crippen molar-refractivity contribution in [1.82, 2.24) is 0 Å². The SMILES string of the molecule is CC1=CC2C3CCCC=C3C3C4=C(CCC3C3CCCCC3C2C=C1)C1CCCCC1O4. The van der Waals surface area contributed by atoms with E-state index in [1.54, 1.807) is 5.57 Å². The zero-order valence-electron chi connectivity index (χ0n) is 20.1. The van der Waals surface area contributed by atoms with Gasteiger partial charge in [0.25, 0.3) is 0 Å². The molecule has 3 fully saturated rings. The van der Waals surface area contributed by atoms with Crippen LogP contribution in [0.4, 0.5) is 0 Å². The third-order valence-corrected chi connectivity index (χ3v) is 11.0. The van der Waals surface area contributed by atoms with Crippen molar-refractivity contribution in [2.24, 2.45) is 47.3 Å². The van der Waals surface area contributed by atoms with Gasteiger partial charge in [-0.25, -0.2) is 0 Å². The fourth-order valence-corrected chi connectivity index (χ4v) is 9.75. The van der Waals surface area contributed by atoms with Gasteiger partial charge in [0.05, 0.1) is 0 Å². The third-order valence-electron chi connectivity index (χ3n) is 11.0. The summed E-state index contributed by atoms with van der Waals surface area (Å²) in [6.45, 7) is 2.34. The smallest absolute Gasteiger partial charge is 0.105 e. The Labute approximate surface area is 195 Å². The predicted molar refractivity (Wildman–Crippen MR) is 131 cm³/mol. The zero-order chi connectivity index (χ0) is 21.2. The Morgan fingerprint density at radius 3 is 2.53 bits per heavy atom. The van der Waals surface area contributed by atoms with Crippen LogP contribution in [0.3, 0.4) is 0 Å². The summed E-state index contributed by atoms with van der Waals surface area (Å²) in [6.07, 6.45) is 29.3. The summed E-state index contributed by atoms with van der Waals surface area (Å²) in [4.78, 5) is 0. The normalized spacial score (nSPS) is 47.2. The lowest BCUT2D eigenvalue weighted by Gasteiger charge is -2.53. The second kappa shape index (κ2) is 7.92. The molecule has 32 heavy (non-hydrogen) atoms. The van der Waals surface area contributed by atoms with Crippen LogP contribution in [0.5, 0.6) is 0 Å². The van der Waals surface area contributed by atoms with Crippen LogP contribution < -0.4 is 0 Å². The predicted octanol–water partition coefficient (Wildman–Crippen LogP) is 8.15. The molecule has 1 heteroatoms. The lowest BCUT2D eigenvalue weighted by molar-refractivity contribution is 0.0182. The van der Waals surface area contributed by atoms with Gasteiger partial charge in [-0.2, -0.15) is 0 Å². The molecule has 9 unspecified atom stereocenters. The van der Waals surface area contributed by atoms with Gasteiger partial charge in [-0.1, -0.05) is 54.7 Å². The molecule has 172 valence electrons. The van der Waals surface area contributed by atoms with Gasteiger partial charge in [-0.05, 0) is 112 Å². The summed E-state index contributed by atoms with van der Waals surface area (Å²) in [5.41, 5.74) is 5.14. The molecule has 0 spiro atoms. The highest BCUT2D eigenvalue weighted by molar-refractivity contribution is 5.37. The Balaban J connectivity index is 1.36. The van der Waals surface area contributed by atoms with Crippen molar-refractivity contribution in [3.63, 3.8) is 0 Å². The number of hydrogen-bond donors (Lipinski definition) is 0. The van der Waals surface area contributed by atoms with E-state index in [1.807, 2.05) is 5.57 Å². The molecule has 0 bridgehead atoms. The van der Waals surface area contributed by atoms with E-state index in [0.29, 0.717) is 12.0 Å². The molecule has 1 heterocycles. The standard InChI is InChI=1S/C31H42O/c1-19-14-15-23-20-8-2-3-9-21(20)26-16-17-27-24-11-6-7-13-29(24)32-31(27)30(26)25-12-5-4-10-22(25)28(23)18-19/h12,14-15,18,20-24,26,28-30H,2-11,13,16-17H2,1H3. The van der Waals surface area contributed by atoms with Gasteiger partial charge in [0.2, 0.25) is 0 Å². The topological polar surface area (TPSA) is 9.23 Å². The Hall–Kier alpha value is -1.24. The van der Waals surface area contributed by atoms with Crippen molar-refractivity contribution in [2.45, 2.75) is 96.5 Å². The highest BCUT2D eigenvalue weighted by atomic mass is 16.5. The molecule has 7 aliphatic rings. The van der Waals surface area contributed by atoms with Crippen molar-refractivity contribution < 1.29 is 4.74 Å². The summed E-state index contributed by atoms with van der Waals surface area (Å²) in [7, 11) is 0. The van der Waals surface area contributed by atoms with Crippen molar-refractivity contribution in [3.05, 3.63) is 46.8 Å². The largest absolute Gasteiger partial charge is 0.494 e. The molecule has 0 N–H and O–H groups in total. The average molecular weight is 431 g/mol. The number of rotatable bonds is 0. The second-order valence-electron chi connectivity index (χ2n) is 12.4. The first-order chi connectivity index (χ1) is 15.8. The molecular weight excluding hydrogens is 388 g/mol. The molecule has 1 aliphatic heterocycles. The van der Waals surface area contributed by atoms with E-state index < -0.39 is 0 Å². The first kappa shape index (κ1) is 20.2. The Bertz CT molecular complexity index is 886. The van der Waals surface area contributed by atoms with Crippen LogP contribution in [0.25, 0.3) is 0 Å². The van der Waals surface area contributed by atoms with Crippen LogP contribution in [0.2, 0.25) is 0 Å². The molecule has 3 saturated carbocycles. The summed E-state index contributed by atoms with van der Waals surface area (Å²) in [5.74, 6) is 7.83. The molecule has 0 amide bonds. The first-order valence-electron chi connectivity index (χ1n) is 14.3. The maximum absolute atomic E-state index is 7.03. The Morgan fingerprint density at radius 2 is 1.59 bits per heavy atom. The van der Waals surface area contributed by atoms with Crippen LogP contribution >= 0.6 is 0 Å². The van der Waals surface area contributed by atoms with E-state index in [0.717, 1.165) is 41.4 Å². The van der Waals surface area contributed by atoms with Crippen LogP contribution in [0.1, 0.15) is 90.4 Å². The molecule has 1 nitrogen and oxygen atoms in total. The van der Waals surface area contributed by atoms with Gasteiger partial charge in [-0.3, -0.25) is 0 Å². The number of allylic oxidation sites excluding steroid dienone is 6. The fourth-order valence-electron chi connectivity index (χ4n) is 9.75. The van der Waals surface area contributed by atoms with Crippen LogP contribution in [-0.4, -0.2) is 6.10 Å². The molecule has 0 saturated heterocycles. The lowest BCUT2D eigenvalue weighted by Crippen LogP contribution is -2.46. The summed E-state index contributed by atoms with van der Waals surface area (Å²) in [6, 6.07) is 0. The van der Waals surface area contributed by atoms with E-state index >= 15 is 0 Å². The van der Waals surface area contributed by atoms with Gasteiger partial charge in [0, 0.05) is 11.8 Å². The molecule has 0 aromatic carbocycles. The van der Waals surface area contributed by atoms with Crippen LogP contribution in [0, 0.1) is 47.3 Å². The van der Waals surface area contributed by atoms with E-state index in [1.165, 1.54) is 94.8 Å². The van der Waals surface area contributed by atoms with Crippen molar-refractivity contribution in [2.75, 3.05) is 0 Å². The van der Waals surface area contributed by atoms with E-state index in [4.69, 9.17) is 4.74 Å². The van der Waals surface area contributed by atoms with Gasteiger partial charge in [-0.15, -0.1) is 0 Å². The molecule has 0 radical (unpaired) electrons. The number of hydrogen-bond acceptors (Lipinski definition) is 1.